The van der Waals surface area contributed by atoms with Crippen LogP contribution in [0.4, 0.5) is 5.13 Å². The highest BCUT2D eigenvalue weighted by atomic mass is 32.1. The van der Waals surface area contributed by atoms with Crippen LogP contribution in [0.3, 0.4) is 0 Å². The van der Waals surface area contributed by atoms with Crippen molar-refractivity contribution < 1.29 is 4.79 Å². The van der Waals surface area contributed by atoms with Crippen LogP contribution < -0.4 is 5.32 Å². The molecular weight excluding hydrogens is 232 g/mol. The van der Waals surface area contributed by atoms with E-state index in [4.69, 9.17) is 0 Å². The molecule has 0 saturated carbocycles. The Morgan fingerprint density at radius 1 is 1.47 bits per heavy atom. The molecule has 0 radical (unpaired) electrons. The molecule has 0 aliphatic carbocycles. The average molecular weight is 244 g/mol. The fraction of sp³-hybridized carbons (Fsp3) is 0.0769. The number of hydrogen-bond acceptors (Lipinski definition) is 3. The minimum Gasteiger partial charge on any atom is -0.298 e. The third kappa shape index (κ3) is 2.60. The van der Waals surface area contributed by atoms with Crippen molar-refractivity contribution >= 4 is 22.4 Å². The Hall–Kier alpha value is -1.94. The number of rotatable bonds is 3. The van der Waals surface area contributed by atoms with Crippen molar-refractivity contribution in [2.75, 3.05) is 5.32 Å². The normalized spacial score (nSPS) is 9.94. The highest BCUT2D eigenvalue weighted by Gasteiger charge is 2.07. The molecule has 1 aromatic carbocycles. The number of nitrogens with one attached hydrogen (secondary N) is 1. The maximum Gasteiger partial charge on any atom is 0.249 e. The van der Waals surface area contributed by atoms with E-state index in [2.05, 4.69) is 16.9 Å². The van der Waals surface area contributed by atoms with Gasteiger partial charge in [0.2, 0.25) is 5.91 Å². The molecule has 1 aromatic heterocycles. The first kappa shape index (κ1) is 11.5. The molecule has 0 saturated heterocycles. The first-order valence-electron chi connectivity index (χ1n) is 5.15. The fourth-order valence-electron chi connectivity index (χ4n) is 1.47. The third-order valence-corrected chi connectivity index (χ3v) is 3.10. The minimum absolute atomic E-state index is 0.240. The van der Waals surface area contributed by atoms with Gasteiger partial charge in [-0.05, 0) is 18.6 Å². The second-order valence-corrected chi connectivity index (χ2v) is 4.40. The van der Waals surface area contributed by atoms with Gasteiger partial charge in [0.15, 0.2) is 5.13 Å². The van der Waals surface area contributed by atoms with E-state index in [9.17, 15) is 4.79 Å². The molecule has 3 nitrogen and oxygen atoms in total. The Labute approximate surface area is 104 Å². The maximum atomic E-state index is 11.1. The van der Waals surface area contributed by atoms with Gasteiger partial charge in [0, 0.05) is 10.9 Å². The Balaban J connectivity index is 2.27. The van der Waals surface area contributed by atoms with Crippen molar-refractivity contribution in [3.8, 4) is 11.3 Å². The Bertz CT molecular complexity index is 560. The van der Waals surface area contributed by atoms with E-state index in [1.165, 1.54) is 23.0 Å². The predicted octanol–water partition coefficient (Wildman–Crippen LogP) is 3.24. The molecule has 86 valence electrons. The summed E-state index contributed by atoms with van der Waals surface area (Å²) in [6.07, 6.45) is 1.23. The van der Waals surface area contributed by atoms with Crippen LogP contribution >= 0.6 is 11.3 Å². The second-order valence-electron chi connectivity index (χ2n) is 3.55. The van der Waals surface area contributed by atoms with Crippen LogP contribution in [0.1, 0.15) is 5.56 Å². The number of carbonyl (C=O) groups excluding carboxylic acids is 1. The van der Waals surface area contributed by atoms with Crippen LogP contribution in [-0.4, -0.2) is 10.9 Å². The monoisotopic (exact) mass is 244 g/mol. The topological polar surface area (TPSA) is 42.0 Å². The van der Waals surface area contributed by atoms with Crippen LogP contribution in [-0.2, 0) is 4.79 Å². The van der Waals surface area contributed by atoms with Crippen LogP contribution in [0.5, 0.6) is 0 Å². The number of benzene rings is 1. The SMILES string of the molecule is C=CC(=O)Nc1nc(-c2ccccc2C)cs1. The van der Waals surface area contributed by atoms with Crippen molar-refractivity contribution in [2.24, 2.45) is 0 Å². The van der Waals surface area contributed by atoms with E-state index < -0.39 is 0 Å². The second kappa shape index (κ2) is 4.93. The lowest BCUT2D eigenvalue weighted by Crippen LogP contribution is -2.06. The molecule has 1 N–H and O–H groups in total. The number of aryl methyl sites for hydroxylation is 1. The van der Waals surface area contributed by atoms with Crippen LogP contribution in [0.15, 0.2) is 42.3 Å². The molecule has 4 heteroatoms. The minimum atomic E-state index is -0.240. The zero-order valence-corrected chi connectivity index (χ0v) is 10.3. The number of carbonyl (C=O) groups is 1. The van der Waals surface area contributed by atoms with Crippen LogP contribution in [0, 0.1) is 6.92 Å². The molecule has 0 fully saturated rings. The summed E-state index contributed by atoms with van der Waals surface area (Å²) in [7, 11) is 0. The lowest BCUT2D eigenvalue weighted by Gasteiger charge is -2.00. The summed E-state index contributed by atoms with van der Waals surface area (Å²) in [6, 6.07) is 8.02. The van der Waals surface area contributed by atoms with E-state index in [1.807, 2.05) is 36.6 Å². The van der Waals surface area contributed by atoms with Crippen LogP contribution in [0.25, 0.3) is 11.3 Å². The number of nitrogens with zero attached hydrogens (tertiary/aromatic N) is 1. The van der Waals surface area contributed by atoms with Crippen molar-refractivity contribution in [3.05, 3.63) is 47.9 Å². The number of amides is 1. The van der Waals surface area contributed by atoms with Gasteiger partial charge >= 0.3 is 0 Å². The zero-order chi connectivity index (χ0) is 12.3. The van der Waals surface area contributed by atoms with E-state index in [1.54, 1.807) is 0 Å². The summed E-state index contributed by atoms with van der Waals surface area (Å²) in [4.78, 5) is 15.5. The molecule has 1 amide bonds. The molecular formula is C13H12N2OS. The van der Waals surface area contributed by atoms with Gasteiger partial charge in [-0.2, -0.15) is 0 Å². The van der Waals surface area contributed by atoms with Gasteiger partial charge in [0.25, 0.3) is 0 Å². The smallest absolute Gasteiger partial charge is 0.249 e. The van der Waals surface area contributed by atoms with Crippen LogP contribution in [0.2, 0.25) is 0 Å². The van der Waals surface area contributed by atoms with E-state index in [0.29, 0.717) is 5.13 Å². The number of anilines is 1. The first-order chi connectivity index (χ1) is 8.20. The lowest BCUT2D eigenvalue weighted by atomic mass is 10.1. The van der Waals surface area contributed by atoms with Gasteiger partial charge in [0.05, 0.1) is 5.69 Å². The van der Waals surface area contributed by atoms with E-state index in [-0.39, 0.29) is 5.91 Å². The molecule has 0 atom stereocenters. The van der Waals surface area contributed by atoms with Gasteiger partial charge in [-0.15, -0.1) is 11.3 Å². The molecule has 2 rings (SSSR count). The van der Waals surface area contributed by atoms with Gasteiger partial charge in [-0.3, -0.25) is 10.1 Å². The summed E-state index contributed by atoms with van der Waals surface area (Å²) in [5.41, 5.74) is 3.13. The Morgan fingerprint density at radius 2 is 2.24 bits per heavy atom. The molecule has 1 heterocycles. The lowest BCUT2D eigenvalue weighted by molar-refractivity contribution is -0.111. The summed E-state index contributed by atoms with van der Waals surface area (Å²) >= 11 is 1.41. The van der Waals surface area contributed by atoms with Gasteiger partial charge < -0.3 is 0 Å². The molecule has 0 aliphatic heterocycles. The van der Waals surface area contributed by atoms with Crippen molar-refractivity contribution in [1.29, 1.82) is 0 Å². The van der Waals surface area contributed by atoms with Crippen molar-refractivity contribution in [1.82, 2.24) is 4.98 Å². The largest absolute Gasteiger partial charge is 0.298 e. The quantitative estimate of drug-likeness (QED) is 0.842. The fourth-order valence-corrected chi connectivity index (χ4v) is 2.19. The molecule has 2 aromatic rings. The third-order valence-electron chi connectivity index (χ3n) is 2.34. The molecule has 0 aliphatic rings. The summed E-state index contributed by atoms with van der Waals surface area (Å²) in [6.45, 7) is 5.44. The van der Waals surface area contributed by atoms with Gasteiger partial charge in [-0.1, -0.05) is 30.8 Å². The summed E-state index contributed by atoms with van der Waals surface area (Å²) in [5.74, 6) is -0.240. The number of thiazole rings is 1. The summed E-state index contributed by atoms with van der Waals surface area (Å²) < 4.78 is 0. The highest BCUT2D eigenvalue weighted by molar-refractivity contribution is 7.14. The highest BCUT2D eigenvalue weighted by Crippen LogP contribution is 2.27. The molecule has 0 bridgehead atoms. The molecule has 0 spiro atoms. The van der Waals surface area contributed by atoms with Crippen molar-refractivity contribution in [3.63, 3.8) is 0 Å². The zero-order valence-electron chi connectivity index (χ0n) is 9.43. The number of aromatic nitrogens is 1. The van der Waals surface area contributed by atoms with Crippen molar-refractivity contribution in [2.45, 2.75) is 6.92 Å². The predicted molar refractivity (Wildman–Crippen MR) is 71.1 cm³/mol. The number of hydrogen-bond donors (Lipinski definition) is 1. The Kier molecular flexibility index (Phi) is 3.35. The van der Waals surface area contributed by atoms with E-state index >= 15 is 0 Å². The van der Waals surface area contributed by atoms with E-state index in [0.717, 1.165) is 11.3 Å². The molecule has 17 heavy (non-hydrogen) atoms. The standard InChI is InChI=1S/C13H12N2OS/c1-3-12(16)15-13-14-11(8-17-13)10-7-5-4-6-9(10)2/h3-8H,1H2,2H3,(H,14,15,16). The summed E-state index contributed by atoms with van der Waals surface area (Å²) in [5, 5.41) is 5.17. The van der Waals surface area contributed by atoms with Gasteiger partial charge in [-0.25, -0.2) is 4.98 Å². The van der Waals surface area contributed by atoms with Gasteiger partial charge in [0.1, 0.15) is 0 Å². The maximum absolute atomic E-state index is 11.1. The Morgan fingerprint density at radius 3 is 2.94 bits per heavy atom. The first-order valence-corrected chi connectivity index (χ1v) is 6.03. The molecule has 0 unspecified atom stereocenters. The average Bonchev–Trinajstić information content (AvgIpc) is 2.78.